The van der Waals surface area contributed by atoms with Crippen LogP contribution >= 0.6 is 15.9 Å². The highest BCUT2D eigenvalue weighted by molar-refractivity contribution is 9.10. The van der Waals surface area contributed by atoms with E-state index in [1.807, 2.05) is 0 Å². The Labute approximate surface area is 113 Å². The van der Waals surface area contributed by atoms with Gasteiger partial charge in [0.05, 0.1) is 0 Å². The number of anilines is 1. The van der Waals surface area contributed by atoms with E-state index in [0.29, 0.717) is 28.8 Å². The van der Waals surface area contributed by atoms with E-state index < -0.39 is 6.04 Å². The van der Waals surface area contributed by atoms with Gasteiger partial charge in [0.2, 0.25) is 5.91 Å². The molecule has 2 amide bonds. The first kappa shape index (κ1) is 12.9. The molecule has 2 rings (SSSR count). The van der Waals surface area contributed by atoms with Crippen LogP contribution < -0.4 is 11.1 Å². The van der Waals surface area contributed by atoms with Crippen LogP contribution in [0.5, 0.6) is 0 Å². The Kier molecular flexibility index (Phi) is 3.56. The summed E-state index contributed by atoms with van der Waals surface area (Å²) in [6, 6.07) is 4.58. The number of hydrogen-bond acceptors (Lipinski definition) is 3. The van der Waals surface area contributed by atoms with E-state index in [0.717, 1.165) is 0 Å². The molecule has 0 aromatic heterocycles. The standard InChI is InChI=1S/C12H14BrN3O2/c1-7-11(17)15-4-5-16(7)12(18)8-2-3-10(14)9(13)6-8/h2-3,6-7H,4-5,14H2,1H3,(H,15,17). The van der Waals surface area contributed by atoms with Crippen molar-refractivity contribution in [2.45, 2.75) is 13.0 Å². The number of nitrogen functional groups attached to an aromatic ring is 1. The maximum atomic E-state index is 12.3. The van der Waals surface area contributed by atoms with E-state index in [1.165, 1.54) is 0 Å². The summed E-state index contributed by atoms with van der Waals surface area (Å²) in [6.07, 6.45) is 0. The molecule has 1 fully saturated rings. The summed E-state index contributed by atoms with van der Waals surface area (Å²) in [7, 11) is 0. The predicted octanol–water partition coefficient (Wildman–Crippen LogP) is 0.992. The normalized spacial score (nSPS) is 19.6. The SMILES string of the molecule is CC1C(=O)NCCN1C(=O)c1ccc(N)c(Br)c1. The number of carbonyl (C=O) groups excluding carboxylic acids is 2. The Morgan fingerprint density at radius 2 is 2.28 bits per heavy atom. The van der Waals surface area contributed by atoms with E-state index in [2.05, 4.69) is 21.2 Å². The quantitative estimate of drug-likeness (QED) is 0.760. The number of rotatable bonds is 1. The Balaban J connectivity index is 2.25. The molecule has 18 heavy (non-hydrogen) atoms. The third-order valence-electron chi connectivity index (χ3n) is 3.01. The van der Waals surface area contributed by atoms with Gasteiger partial charge < -0.3 is 16.0 Å². The Morgan fingerprint density at radius 3 is 2.94 bits per heavy atom. The highest BCUT2D eigenvalue weighted by atomic mass is 79.9. The summed E-state index contributed by atoms with van der Waals surface area (Å²) in [4.78, 5) is 25.4. The summed E-state index contributed by atoms with van der Waals surface area (Å²) in [5.74, 6) is -0.276. The second-order valence-corrected chi connectivity index (χ2v) is 5.06. The molecule has 5 nitrogen and oxygen atoms in total. The van der Waals surface area contributed by atoms with Gasteiger partial charge in [0, 0.05) is 28.8 Å². The lowest BCUT2D eigenvalue weighted by atomic mass is 10.1. The van der Waals surface area contributed by atoms with E-state index >= 15 is 0 Å². The molecule has 0 spiro atoms. The van der Waals surface area contributed by atoms with Crippen LogP contribution in [0.25, 0.3) is 0 Å². The van der Waals surface area contributed by atoms with Gasteiger partial charge in [-0.15, -0.1) is 0 Å². The minimum Gasteiger partial charge on any atom is -0.398 e. The number of nitrogens with two attached hydrogens (primary N) is 1. The molecule has 1 unspecified atom stereocenters. The zero-order valence-corrected chi connectivity index (χ0v) is 11.5. The van der Waals surface area contributed by atoms with E-state index in [4.69, 9.17) is 5.73 Å². The highest BCUT2D eigenvalue weighted by Crippen LogP contribution is 2.22. The maximum Gasteiger partial charge on any atom is 0.254 e. The second kappa shape index (κ2) is 4.97. The van der Waals surface area contributed by atoms with Crippen LogP contribution in [-0.4, -0.2) is 35.8 Å². The number of benzene rings is 1. The summed E-state index contributed by atoms with van der Waals surface area (Å²) >= 11 is 3.29. The van der Waals surface area contributed by atoms with Gasteiger partial charge in [0.1, 0.15) is 6.04 Å². The van der Waals surface area contributed by atoms with Crippen molar-refractivity contribution in [3.05, 3.63) is 28.2 Å². The molecule has 0 radical (unpaired) electrons. The van der Waals surface area contributed by atoms with Crippen LogP contribution in [-0.2, 0) is 4.79 Å². The number of nitrogens with zero attached hydrogens (tertiary/aromatic N) is 1. The van der Waals surface area contributed by atoms with Crippen LogP contribution in [0.2, 0.25) is 0 Å². The molecule has 1 aromatic carbocycles. The number of amides is 2. The molecule has 3 N–H and O–H groups in total. The molecule has 0 saturated carbocycles. The van der Waals surface area contributed by atoms with Crippen molar-refractivity contribution in [1.82, 2.24) is 10.2 Å². The summed E-state index contributed by atoms with van der Waals surface area (Å²) < 4.78 is 0.683. The lowest BCUT2D eigenvalue weighted by Crippen LogP contribution is -2.55. The topological polar surface area (TPSA) is 75.4 Å². The largest absolute Gasteiger partial charge is 0.398 e. The molecule has 1 saturated heterocycles. The monoisotopic (exact) mass is 311 g/mol. The van der Waals surface area contributed by atoms with Gasteiger partial charge in [0.25, 0.3) is 5.91 Å². The number of nitrogens with one attached hydrogen (secondary N) is 1. The van der Waals surface area contributed by atoms with Crippen LogP contribution in [0, 0.1) is 0 Å². The van der Waals surface area contributed by atoms with E-state index in [1.54, 1.807) is 30.0 Å². The van der Waals surface area contributed by atoms with Gasteiger partial charge in [-0.05, 0) is 41.1 Å². The first-order valence-corrected chi connectivity index (χ1v) is 6.43. The number of piperazine rings is 1. The molecular formula is C12H14BrN3O2. The molecule has 1 aliphatic rings. The number of hydrogen-bond donors (Lipinski definition) is 2. The van der Waals surface area contributed by atoms with Gasteiger partial charge in [-0.2, -0.15) is 0 Å². The van der Waals surface area contributed by atoms with Crippen LogP contribution in [0.4, 0.5) is 5.69 Å². The Bertz CT molecular complexity index is 504. The summed E-state index contributed by atoms with van der Waals surface area (Å²) in [5.41, 5.74) is 6.79. The van der Waals surface area contributed by atoms with Gasteiger partial charge >= 0.3 is 0 Å². The molecule has 96 valence electrons. The molecular weight excluding hydrogens is 298 g/mol. The van der Waals surface area contributed by atoms with Crippen LogP contribution in [0.15, 0.2) is 22.7 Å². The van der Waals surface area contributed by atoms with Gasteiger partial charge in [-0.3, -0.25) is 9.59 Å². The molecule has 0 aliphatic carbocycles. The second-order valence-electron chi connectivity index (χ2n) is 4.20. The lowest BCUT2D eigenvalue weighted by Gasteiger charge is -2.32. The fourth-order valence-corrected chi connectivity index (χ4v) is 2.26. The van der Waals surface area contributed by atoms with Crippen molar-refractivity contribution in [3.63, 3.8) is 0 Å². The number of carbonyl (C=O) groups is 2. The first-order valence-electron chi connectivity index (χ1n) is 5.64. The van der Waals surface area contributed by atoms with Crippen molar-refractivity contribution >= 4 is 33.4 Å². The average molecular weight is 312 g/mol. The summed E-state index contributed by atoms with van der Waals surface area (Å²) in [6.45, 7) is 2.73. The van der Waals surface area contributed by atoms with Gasteiger partial charge in [-0.1, -0.05) is 0 Å². The van der Waals surface area contributed by atoms with Crippen molar-refractivity contribution in [3.8, 4) is 0 Å². The smallest absolute Gasteiger partial charge is 0.254 e. The van der Waals surface area contributed by atoms with Crippen molar-refractivity contribution in [1.29, 1.82) is 0 Å². The molecule has 1 aliphatic heterocycles. The van der Waals surface area contributed by atoms with Crippen molar-refractivity contribution < 1.29 is 9.59 Å². The Hall–Kier alpha value is -1.56. The van der Waals surface area contributed by atoms with E-state index in [9.17, 15) is 9.59 Å². The van der Waals surface area contributed by atoms with Gasteiger partial charge in [0.15, 0.2) is 0 Å². The van der Waals surface area contributed by atoms with Gasteiger partial charge in [-0.25, -0.2) is 0 Å². The third-order valence-corrected chi connectivity index (χ3v) is 3.69. The van der Waals surface area contributed by atoms with Crippen molar-refractivity contribution in [2.75, 3.05) is 18.8 Å². The third kappa shape index (κ3) is 2.33. The maximum absolute atomic E-state index is 12.3. The molecule has 6 heteroatoms. The fraction of sp³-hybridized carbons (Fsp3) is 0.333. The van der Waals surface area contributed by atoms with Crippen molar-refractivity contribution in [2.24, 2.45) is 0 Å². The molecule has 1 aromatic rings. The minimum absolute atomic E-state index is 0.121. The van der Waals surface area contributed by atoms with E-state index in [-0.39, 0.29) is 11.8 Å². The molecule has 1 atom stereocenters. The molecule has 0 bridgehead atoms. The Morgan fingerprint density at radius 1 is 1.56 bits per heavy atom. The summed E-state index contributed by atoms with van der Waals surface area (Å²) in [5, 5.41) is 2.73. The first-order chi connectivity index (χ1) is 8.50. The number of halogens is 1. The van der Waals surface area contributed by atoms with Crippen LogP contribution in [0.3, 0.4) is 0 Å². The fourth-order valence-electron chi connectivity index (χ4n) is 1.89. The lowest BCUT2D eigenvalue weighted by molar-refractivity contribution is -0.127. The average Bonchev–Trinajstić information content (AvgIpc) is 2.35. The highest BCUT2D eigenvalue weighted by Gasteiger charge is 2.29. The van der Waals surface area contributed by atoms with Crippen LogP contribution in [0.1, 0.15) is 17.3 Å². The molecule has 1 heterocycles. The zero-order chi connectivity index (χ0) is 13.3. The predicted molar refractivity (Wildman–Crippen MR) is 72.1 cm³/mol. The minimum atomic E-state index is -0.442. The zero-order valence-electron chi connectivity index (χ0n) is 9.94.